The second kappa shape index (κ2) is 9.16. The van der Waals surface area contributed by atoms with Crippen LogP contribution in [0.1, 0.15) is 54.5 Å². The molecular weight excluding hydrogens is 478 g/mol. The van der Waals surface area contributed by atoms with Crippen molar-refractivity contribution in [2.75, 3.05) is 0 Å². The van der Waals surface area contributed by atoms with Gasteiger partial charge in [0.1, 0.15) is 5.82 Å². The molecule has 0 aliphatic heterocycles. The fraction of sp³-hybridized carbons (Fsp3) is 0.231. The van der Waals surface area contributed by atoms with E-state index in [0.29, 0.717) is 22.3 Å². The average molecular weight is 502 g/mol. The Bertz CT molecular complexity index is 1470. The first kappa shape index (κ1) is 22.7. The van der Waals surface area contributed by atoms with Crippen LogP contribution in [0.25, 0.3) is 16.6 Å². The van der Waals surface area contributed by atoms with Crippen LogP contribution < -0.4 is 5.56 Å². The number of nitrogens with zero attached hydrogens (tertiary/aromatic N) is 5. The molecule has 2 heterocycles. The molecule has 0 radical (unpaired) electrons. The second-order valence-electron chi connectivity index (χ2n) is 8.12. The van der Waals surface area contributed by atoms with Gasteiger partial charge in [-0.3, -0.25) is 4.79 Å². The second-order valence-corrected chi connectivity index (χ2v) is 9.04. The minimum Gasteiger partial charge on any atom is -0.318 e. The largest absolute Gasteiger partial charge is 0.318 e. The van der Waals surface area contributed by atoms with Crippen LogP contribution >= 0.6 is 15.9 Å². The summed E-state index contributed by atoms with van der Waals surface area (Å²) in [5, 5.41) is 14.2. The van der Waals surface area contributed by atoms with Crippen molar-refractivity contribution >= 4 is 33.0 Å². The summed E-state index contributed by atoms with van der Waals surface area (Å²) >= 11 is 3.44. The summed E-state index contributed by atoms with van der Waals surface area (Å²) in [6, 6.07) is 17.2. The number of hydrogen-bond donors (Lipinski definition) is 0. The Morgan fingerprint density at radius 1 is 1.18 bits per heavy atom. The monoisotopic (exact) mass is 501 g/mol. The lowest BCUT2D eigenvalue weighted by atomic mass is 10.1. The van der Waals surface area contributed by atoms with Crippen molar-refractivity contribution in [3.8, 4) is 11.8 Å². The maximum absolute atomic E-state index is 13.3. The molecule has 1 atom stereocenters. The molecule has 2 aromatic heterocycles. The van der Waals surface area contributed by atoms with E-state index in [1.165, 1.54) is 4.68 Å². The standard InChI is InChI=1S/C26H24BrN5O/c1-5-16(2)25-30-24-11-8-21(27)13-23(24)26(33)32(25)29-15-20-12-17(3)31(18(20)4)22-9-6-19(14-28)7-10-22/h6-13,15-16H,5H2,1-4H3/t16-/m0/s1. The fourth-order valence-corrected chi connectivity index (χ4v) is 4.26. The predicted octanol–water partition coefficient (Wildman–Crippen LogP) is 5.83. The van der Waals surface area contributed by atoms with Gasteiger partial charge in [0.2, 0.25) is 0 Å². The lowest BCUT2D eigenvalue weighted by molar-refractivity contribution is 0.613. The Kier molecular flexibility index (Phi) is 6.30. The molecule has 0 N–H and O–H groups in total. The number of fused-ring (bicyclic) bond motifs is 1. The summed E-state index contributed by atoms with van der Waals surface area (Å²) in [5.41, 5.74) is 5.02. The topological polar surface area (TPSA) is 76.0 Å². The highest BCUT2D eigenvalue weighted by atomic mass is 79.9. The molecule has 0 fully saturated rings. The third kappa shape index (κ3) is 4.27. The van der Waals surface area contributed by atoms with E-state index in [9.17, 15) is 4.79 Å². The van der Waals surface area contributed by atoms with Gasteiger partial charge in [0.05, 0.1) is 28.8 Å². The zero-order chi connectivity index (χ0) is 23.7. The van der Waals surface area contributed by atoms with Crippen LogP contribution in [0.4, 0.5) is 0 Å². The van der Waals surface area contributed by atoms with Crippen LogP contribution in [-0.2, 0) is 0 Å². The predicted molar refractivity (Wildman–Crippen MR) is 135 cm³/mol. The van der Waals surface area contributed by atoms with E-state index >= 15 is 0 Å². The summed E-state index contributed by atoms with van der Waals surface area (Å²) in [6.07, 6.45) is 2.57. The van der Waals surface area contributed by atoms with Crippen molar-refractivity contribution in [3.63, 3.8) is 0 Å². The van der Waals surface area contributed by atoms with E-state index in [1.807, 2.05) is 44.2 Å². The van der Waals surface area contributed by atoms with E-state index < -0.39 is 0 Å². The van der Waals surface area contributed by atoms with Crippen molar-refractivity contribution in [2.24, 2.45) is 5.10 Å². The maximum atomic E-state index is 13.3. The van der Waals surface area contributed by atoms with Crippen molar-refractivity contribution in [2.45, 2.75) is 40.0 Å². The Morgan fingerprint density at radius 3 is 2.58 bits per heavy atom. The first-order chi connectivity index (χ1) is 15.8. The Morgan fingerprint density at radius 2 is 1.91 bits per heavy atom. The van der Waals surface area contributed by atoms with Crippen LogP contribution in [0.3, 0.4) is 0 Å². The number of aryl methyl sites for hydroxylation is 1. The smallest absolute Gasteiger partial charge is 0.282 e. The van der Waals surface area contributed by atoms with Crippen LogP contribution in [0.15, 0.2) is 62.9 Å². The Labute approximate surface area is 201 Å². The van der Waals surface area contributed by atoms with E-state index in [1.54, 1.807) is 24.4 Å². The third-order valence-electron chi connectivity index (χ3n) is 5.92. The van der Waals surface area contributed by atoms with Crippen molar-refractivity contribution in [1.82, 2.24) is 14.2 Å². The minimum atomic E-state index is -0.186. The lowest BCUT2D eigenvalue weighted by Crippen LogP contribution is -2.23. The van der Waals surface area contributed by atoms with Crippen molar-refractivity contribution < 1.29 is 0 Å². The molecule has 166 valence electrons. The molecule has 4 aromatic rings. The Balaban J connectivity index is 1.82. The van der Waals surface area contributed by atoms with E-state index in [0.717, 1.165) is 33.5 Å². The van der Waals surface area contributed by atoms with Crippen LogP contribution in [-0.4, -0.2) is 20.4 Å². The van der Waals surface area contributed by atoms with Crippen molar-refractivity contribution in [1.29, 1.82) is 5.26 Å². The third-order valence-corrected chi connectivity index (χ3v) is 6.42. The number of aromatic nitrogens is 3. The first-order valence-corrected chi connectivity index (χ1v) is 11.6. The molecule has 0 unspecified atom stereocenters. The van der Waals surface area contributed by atoms with Gasteiger partial charge in [-0.05, 0) is 68.8 Å². The van der Waals surface area contributed by atoms with Crippen LogP contribution in [0.2, 0.25) is 0 Å². The fourth-order valence-electron chi connectivity index (χ4n) is 3.90. The van der Waals surface area contributed by atoms with Gasteiger partial charge in [0, 0.05) is 33.0 Å². The number of nitriles is 1. The Hall–Kier alpha value is -3.50. The summed E-state index contributed by atoms with van der Waals surface area (Å²) in [4.78, 5) is 18.1. The molecule has 0 amide bonds. The van der Waals surface area contributed by atoms with E-state index in [2.05, 4.69) is 45.5 Å². The van der Waals surface area contributed by atoms with Crippen molar-refractivity contribution in [3.05, 3.63) is 91.7 Å². The number of hydrogen-bond acceptors (Lipinski definition) is 4. The van der Waals surface area contributed by atoms with Gasteiger partial charge in [-0.25, -0.2) is 4.98 Å². The number of benzene rings is 2. The van der Waals surface area contributed by atoms with Gasteiger partial charge >= 0.3 is 0 Å². The summed E-state index contributed by atoms with van der Waals surface area (Å²) < 4.78 is 4.36. The van der Waals surface area contributed by atoms with Crippen LogP contribution in [0, 0.1) is 25.2 Å². The SMILES string of the molecule is CC[C@H](C)c1nc2ccc(Br)cc2c(=O)n1N=Cc1cc(C)n(-c2ccc(C#N)cc2)c1C. The number of halogens is 1. The van der Waals surface area contributed by atoms with Gasteiger partial charge in [-0.15, -0.1) is 0 Å². The minimum absolute atomic E-state index is 0.0778. The highest BCUT2D eigenvalue weighted by molar-refractivity contribution is 9.10. The molecule has 0 saturated heterocycles. The zero-order valence-corrected chi connectivity index (χ0v) is 20.6. The summed E-state index contributed by atoms with van der Waals surface area (Å²) in [5.74, 6) is 0.725. The average Bonchev–Trinajstić information content (AvgIpc) is 3.11. The quantitative estimate of drug-likeness (QED) is 0.322. The number of rotatable bonds is 5. The van der Waals surface area contributed by atoms with Gasteiger partial charge in [-0.2, -0.15) is 15.0 Å². The molecule has 33 heavy (non-hydrogen) atoms. The lowest BCUT2D eigenvalue weighted by Gasteiger charge is -2.14. The molecule has 2 aromatic carbocycles. The molecule has 7 heteroatoms. The highest BCUT2D eigenvalue weighted by Crippen LogP contribution is 2.22. The van der Waals surface area contributed by atoms with Gasteiger partial charge in [-0.1, -0.05) is 29.8 Å². The molecule has 4 rings (SSSR count). The molecule has 0 spiro atoms. The maximum Gasteiger partial charge on any atom is 0.282 e. The molecule has 0 saturated carbocycles. The van der Waals surface area contributed by atoms with E-state index in [4.69, 9.17) is 10.2 Å². The summed E-state index contributed by atoms with van der Waals surface area (Å²) in [7, 11) is 0. The molecule has 0 bridgehead atoms. The highest BCUT2D eigenvalue weighted by Gasteiger charge is 2.16. The molecular formula is C26H24BrN5O. The normalized spacial score (nSPS) is 12.4. The van der Waals surface area contributed by atoms with Gasteiger partial charge in [0.15, 0.2) is 0 Å². The van der Waals surface area contributed by atoms with Gasteiger partial charge < -0.3 is 4.57 Å². The molecule has 0 aliphatic carbocycles. The van der Waals surface area contributed by atoms with Crippen LogP contribution in [0.5, 0.6) is 0 Å². The molecule has 6 nitrogen and oxygen atoms in total. The van der Waals surface area contributed by atoms with E-state index in [-0.39, 0.29) is 11.5 Å². The summed E-state index contributed by atoms with van der Waals surface area (Å²) in [6.45, 7) is 8.16. The first-order valence-electron chi connectivity index (χ1n) is 10.8. The zero-order valence-electron chi connectivity index (χ0n) is 19.0. The van der Waals surface area contributed by atoms with Gasteiger partial charge in [0.25, 0.3) is 5.56 Å². The molecule has 0 aliphatic rings.